The Morgan fingerprint density at radius 1 is 0.750 bits per heavy atom. The van der Waals surface area contributed by atoms with Crippen molar-refractivity contribution in [3.8, 4) is 16.9 Å². The quantitative estimate of drug-likeness (QED) is 0.393. The summed E-state index contributed by atoms with van der Waals surface area (Å²) in [6, 6.07) is 25.8. The van der Waals surface area contributed by atoms with Gasteiger partial charge >= 0.3 is 0 Å². The predicted octanol–water partition coefficient (Wildman–Crippen LogP) is 5.73. The molecule has 2 heterocycles. The molecule has 0 radical (unpaired) electrons. The molecule has 4 aromatic rings. The van der Waals surface area contributed by atoms with Gasteiger partial charge in [0.25, 0.3) is 0 Å². The van der Waals surface area contributed by atoms with Crippen LogP contribution < -0.4 is 4.74 Å². The van der Waals surface area contributed by atoms with Crippen molar-refractivity contribution in [2.45, 2.75) is 20.0 Å². The van der Waals surface area contributed by atoms with Crippen LogP contribution >= 0.6 is 0 Å². The van der Waals surface area contributed by atoms with E-state index in [9.17, 15) is 0 Å². The maximum Gasteiger partial charge on any atom is 0.134 e. The number of hydrogen-bond donors (Lipinski definition) is 0. The highest BCUT2D eigenvalue weighted by atomic mass is 16.5. The third-order valence-electron chi connectivity index (χ3n) is 6.36. The molecule has 0 atom stereocenters. The standard InChI is InChI=1S/C28H30N2O2/c1-21-3-7-23(8-4-21)24-9-12-28-25(17-24)18-27(32-28)20-30-15-13-29(14-16-30)19-22-5-10-26(31-2)11-6-22/h3-12,17-18H,13-16,19-20H2,1-2H3. The Kier molecular flexibility index (Phi) is 5.97. The van der Waals surface area contributed by atoms with Gasteiger partial charge in [-0.25, -0.2) is 0 Å². The number of methoxy groups -OCH3 is 1. The van der Waals surface area contributed by atoms with Crippen molar-refractivity contribution in [3.05, 3.63) is 89.7 Å². The fourth-order valence-electron chi connectivity index (χ4n) is 4.42. The number of rotatable bonds is 6. The van der Waals surface area contributed by atoms with Crippen molar-refractivity contribution in [1.29, 1.82) is 0 Å². The molecule has 0 amide bonds. The van der Waals surface area contributed by atoms with Crippen LogP contribution in [0.2, 0.25) is 0 Å². The van der Waals surface area contributed by atoms with E-state index in [1.54, 1.807) is 7.11 Å². The molecule has 1 aromatic heterocycles. The molecular formula is C28H30N2O2. The minimum Gasteiger partial charge on any atom is -0.497 e. The van der Waals surface area contributed by atoms with Crippen LogP contribution in [0.25, 0.3) is 22.1 Å². The van der Waals surface area contributed by atoms with Crippen molar-refractivity contribution in [2.24, 2.45) is 0 Å². The van der Waals surface area contributed by atoms with Crippen LogP contribution in [0.3, 0.4) is 0 Å². The molecule has 1 saturated heterocycles. The summed E-state index contributed by atoms with van der Waals surface area (Å²) >= 11 is 0. The zero-order valence-corrected chi connectivity index (χ0v) is 18.9. The van der Waals surface area contributed by atoms with Gasteiger partial charge in [-0.2, -0.15) is 0 Å². The van der Waals surface area contributed by atoms with Gasteiger partial charge in [0.15, 0.2) is 0 Å². The van der Waals surface area contributed by atoms with Crippen LogP contribution in [-0.2, 0) is 13.1 Å². The monoisotopic (exact) mass is 426 g/mol. The van der Waals surface area contributed by atoms with Crippen LogP contribution in [0.1, 0.15) is 16.9 Å². The smallest absolute Gasteiger partial charge is 0.134 e. The molecule has 4 heteroatoms. The van der Waals surface area contributed by atoms with Crippen LogP contribution in [0, 0.1) is 6.92 Å². The molecule has 0 spiro atoms. The van der Waals surface area contributed by atoms with Gasteiger partial charge in [-0.15, -0.1) is 0 Å². The lowest BCUT2D eigenvalue weighted by Gasteiger charge is -2.34. The van der Waals surface area contributed by atoms with Gasteiger partial charge in [0.05, 0.1) is 13.7 Å². The van der Waals surface area contributed by atoms with E-state index in [2.05, 4.69) is 77.4 Å². The number of furan rings is 1. The first-order valence-corrected chi connectivity index (χ1v) is 11.3. The molecule has 0 N–H and O–H groups in total. The summed E-state index contributed by atoms with van der Waals surface area (Å²) < 4.78 is 11.4. The normalized spacial score (nSPS) is 15.3. The molecule has 0 bridgehead atoms. The van der Waals surface area contributed by atoms with Crippen molar-refractivity contribution >= 4 is 11.0 Å². The SMILES string of the molecule is COc1ccc(CN2CCN(Cc3cc4cc(-c5ccc(C)cc5)ccc4o3)CC2)cc1. The molecule has 32 heavy (non-hydrogen) atoms. The number of piperazine rings is 1. The number of nitrogens with zero attached hydrogens (tertiary/aromatic N) is 2. The van der Waals surface area contributed by atoms with E-state index in [0.717, 1.165) is 56.4 Å². The largest absolute Gasteiger partial charge is 0.497 e. The van der Waals surface area contributed by atoms with Gasteiger partial charge in [-0.1, -0.05) is 48.0 Å². The third-order valence-corrected chi connectivity index (χ3v) is 6.36. The molecule has 1 fully saturated rings. The maximum absolute atomic E-state index is 6.16. The maximum atomic E-state index is 6.16. The minimum atomic E-state index is 0.866. The van der Waals surface area contributed by atoms with Gasteiger partial charge in [0.1, 0.15) is 17.1 Å². The summed E-state index contributed by atoms with van der Waals surface area (Å²) in [6.07, 6.45) is 0. The minimum absolute atomic E-state index is 0.866. The lowest BCUT2D eigenvalue weighted by molar-refractivity contribution is 0.116. The lowest BCUT2D eigenvalue weighted by atomic mass is 10.0. The first kappa shape index (κ1) is 20.8. The molecule has 0 aliphatic carbocycles. The second-order valence-electron chi connectivity index (χ2n) is 8.73. The molecule has 0 unspecified atom stereocenters. The van der Waals surface area contributed by atoms with Crippen LogP contribution in [0.15, 0.2) is 77.2 Å². The predicted molar refractivity (Wildman–Crippen MR) is 130 cm³/mol. The van der Waals surface area contributed by atoms with Gasteiger partial charge in [0, 0.05) is 38.1 Å². The topological polar surface area (TPSA) is 28.9 Å². The van der Waals surface area contributed by atoms with E-state index in [1.807, 2.05) is 12.1 Å². The van der Waals surface area contributed by atoms with Crippen molar-refractivity contribution in [2.75, 3.05) is 33.3 Å². The molecule has 4 nitrogen and oxygen atoms in total. The van der Waals surface area contributed by atoms with Crippen LogP contribution in [0.5, 0.6) is 5.75 Å². The molecular weight excluding hydrogens is 396 g/mol. The fraction of sp³-hybridized carbons (Fsp3) is 0.286. The summed E-state index contributed by atoms with van der Waals surface area (Å²) in [6.45, 7) is 8.24. The van der Waals surface area contributed by atoms with E-state index in [4.69, 9.17) is 9.15 Å². The highest BCUT2D eigenvalue weighted by molar-refractivity contribution is 5.84. The molecule has 0 saturated carbocycles. The van der Waals surface area contributed by atoms with E-state index >= 15 is 0 Å². The zero-order chi connectivity index (χ0) is 21.9. The van der Waals surface area contributed by atoms with Crippen molar-refractivity contribution < 1.29 is 9.15 Å². The molecule has 1 aliphatic heterocycles. The second kappa shape index (κ2) is 9.19. The Hall–Kier alpha value is -3.08. The lowest BCUT2D eigenvalue weighted by Crippen LogP contribution is -2.45. The first-order chi connectivity index (χ1) is 15.7. The van der Waals surface area contributed by atoms with Crippen LogP contribution in [0.4, 0.5) is 0 Å². The fourth-order valence-corrected chi connectivity index (χ4v) is 4.42. The number of fused-ring (bicyclic) bond motifs is 1. The van der Waals surface area contributed by atoms with Gasteiger partial charge in [-0.3, -0.25) is 9.80 Å². The van der Waals surface area contributed by atoms with Crippen LogP contribution in [-0.4, -0.2) is 43.1 Å². The molecule has 3 aromatic carbocycles. The Balaban J connectivity index is 1.19. The van der Waals surface area contributed by atoms with E-state index < -0.39 is 0 Å². The number of hydrogen-bond acceptors (Lipinski definition) is 4. The number of ether oxygens (including phenoxy) is 1. The van der Waals surface area contributed by atoms with Crippen molar-refractivity contribution in [1.82, 2.24) is 9.80 Å². The average molecular weight is 427 g/mol. The Morgan fingerprint density at radius 2 is 1.41 bits per heavy atom. The van der Waals surface area contributed by atoms with E-state index in [0.29, 0.717) is 0 Å². The molecule has 1 aliphatic rings. The Morgan fingerprint density at radius 3 is 2.09 bits per heavy atom. The van der Waals surface area contributed by atoms with E-state index in [1.165, 1.54) is 27.6 Å². The van der Waals surface area contributed by atoms with Gasteiger partial charge < -0.3 is 9.15 Å². The summed E-state index contributed by atoms with van der Waals surface area (Å²) in [7, 11) is 1.71. The Bertz CT molecular complexity index is 1170. The Labute approximate surface area is 190 Å². The summed E-state index contributed by atoms with van der Waals surface area (Å²) in [5, 5.41) is 1.18. The highest BCUT2D eigenvalue weighted by Gasteiger charge is 2.18. The highest BCUT2D eigenvalue weighted by Crippen LogP contribution is 2.27. The van der Waals surface area contributed by atoms with Crippen molar-refractivity contribution in [3.63, 3.8) is 0 Å². The first-order valence-electron chi connectivity index (χ1n) is 11.3. The second-order valence-corrected chi connectivity index (χ2v) is 8.73. The average Bonchev–Trinajstić information content (AvgIpc) is 3.23. The molecule has 164 valence electrons. The zero-order valence-electron chi connectivity index (χ0n) is 18.9. The van der Waals surface area contributed by atoms with Gasteiger partial charge in [0.2, 0.25) is 0 Å². The summed E-state index contributed by atoms with van der Waals surface area (Å²) in [5.41, 5.74) is 6.06. The van der Waals surface area contributed by atoms with E-state index in [-0.39, 0.29) is 0 Å². The number of benzene rings is 3. The summed E-state index contributed by atoms with van der Waals surface area (Å²) in [4.78, 5) is 5.01. The number of aryl methyl sites for hydroxylation is 1. The van der Waals surface area contributed by atoms with Gasteiger partial charge in [-0.05, 0) is 53.9 Å². The third kappa shape index (κ3) is 4.72. The molecule has 5 rings (SSSR count). The summed E-state index contributed by atoms with van der Waals surface area (Å²) in [5.74, 6) is 1.96.